The lowest BCUT2D eigenvalue weighted by Gasteiger charge is -2.20. The maximum absolute atomic E-state index is 12.5. The summed E-state index contributed by atoms with van der Waals surface area (Å²) in [4.78, 5) is 37.1. The third kappa shape index (κ3) is 6.07. The Bertz CT molecular complexity index is 869. The second-order valence-corrected chi connectivity index (χ2v) is 7.12. The van der Waals surface area contributed by atoms with Crippen LogP contribution in [0, 0.1) is 0 Å². The number of carboxylic acid groups (broad SMARTS) is 1. The molecule has 1 fully saturated rings. The molecule has 2 aromatic carbocycles. The topological polar surface area (TPSA) is 98.7 Å². The van der Waals surface area contributed by atoms with E-state index in [1.807, 2.05) is 36.4 Å². The summed E-state index contributed by atoms with van der Waals surface area (Å²) in [5.41, 5.74) is 2.37. The van der Waals surface area contributed by atoms with Gasteiger partial charge in [0.2, 0.25) is 5.91 Å². The predicted octanol–water partition coefficient (Wildman–Crippen LogP) is 3.41. The molecule has 3 rings (SSSR count). The highest BCUT2D eigenvalue weighted by atomic mass is 16.4. The van der Waals surface area contributed by atoms with E-state index in [-0.39, 0.29) is 18.4 Å². The van der Waals surface area contributed by atoms with E-state index in [2.05, 4.69) is 10.6 Å². The van der Waals surface area contributed by atoms with E-state index in [4.69, 9.17) is 5.11 Å². The van der Waals surface area contributed by atoms with Gasteiger partial charge in [0.05, 0.1) is 0 Å². The number of amides is 3. The van der Waals surface area contributed by atoms with Gasteiger partial charge in [-0.15, -0.1) is 0 Å². The summed E-state index contributed by atoms with van der Waals surface area (Å²) >= 11 is 0. The molecule has 1 saturated heterocycles. The summed E-state index contributed by atoms with van der Waals surface area (Å²) in [6.45, 7) is 0.683. The molecule has 0 radical (unpaired) electrons. The number of carbonyl (C=O) groups is 3. The zero-order valence-electron chi connectivity index (χ0n) is 16.1. The first-order valence-electron chi connectivity index (χ1n) is 9.75. The van der Waals surface area contributed by atoms with Crippen molar-refractivity contribution in [3.05, 3.63) is 60.2 Å². The second kappa shape index (κ2) is 9.73. The Morgan fingerprint density at radius 2 is 1.90 bits per heavy atom. The molecule has 2 aromatic rings. The van der Waals surface area contributed by atoms with Crippen LogP contribution in [0.1, 0.15) is 31.2 Å². The molecule has 1 heterocycles. The van der Waals surface area contributed by atoms with Crippen LogP contribution in [0.25, 0.3) is 0 Å². The first-order chi connectivity index (χ1) is 14.0. The van der Waals surface area contributed by atoms with Crippen molar-refractivity contribution >= 4 is 29.3 Å². The fraction of sp³-hybridized carbons (Fsp3) is 0.318. The van der Waals surface area contributed by atoms with Crippen molar-refractivity contribution in [3.8, 4) is 0 Å². The van der Waals surface area contributed by atoms with Crippen LogP contribution in [0.4, 0.5) is 16.2 Å². The number of nitrogens with zero attached hydrogens (tertiary/aromatic N) is 1. The standard InChI is InChI=1S/C22H25N3O4/c26-20-10-5-13-25(20)19-9-4-8-17(15-19)23-22(29)24-18(11-12-21(27)28)14-16-6-2-1-3-7-16/h1-4,6-9,15,18H,5,10-14H2,(H,27,28)(H2,23,24,29). The van der Waals surface area contributed by atoms with Gasteiger partial charge < -0.3 is 20.6 Å². The lowest BCUT2D eigenvalue weighted by molar-refractivity contribution is -0.137. The van der Waals surface area contributed by atoms with Gasteiger partial charge in [0.1, 0.15) is 0 Å². The molecular formula is C22H25N3O4. The van der Waals surface area contributed by atoms with Crippen LogP contribution in [-0.2, 0) is 16.0 Å². The number of hydrogen-bond donors (Lipinski definition) is 3. The average Bonchev–Trinajstić information content (AvgIpc) is 3.13. The molecule has 1 aliphatic heterocycles. The Morgan fingerprint density at radius 1 is 1.10 bits per heavy atom. The quantitative estimate of drug-likeness (QED) is 0.638. The Hall–Kier alpha value is -3.35. The molecule has 1 atom stereocenters. The maximum Gasteiger partial charge on any atom is 0.319 e. The molecule has 0 aromatic heterocycles. The summed E-state index contributed by atoms with van der Waals surface area (Å²) < 4.78 is 0. The van der Waals surface area contributed by atoms with Gasteiger partial charge in [-0.05, 0) is 43.0 Å². The zero-order chi connectivity index (χ0) is 20.6. The molecular weight excluding hydrogens is 370 g/mol. The molecule has 0 saturated carbocycles. The van der Waals surface area contributed by atoms with E-state index in [1.54, 1.807) is 23.1 Å². The predicted molar refractivity (Wildman–Crippen MR) is 111 cm³/mol. The molecule has 29 heavy (non-hydrogen) atoms. The summed E-state index contributed by atoms with van der Waals surface area (Å²) in [7, 11) is 0. The minimum atomic E-state index is -0.895. The van der Waals surface area contributed by atoms with Crippen LogP contribution in [0.15, 0.2) is 54.6 Å². The average molecular weight is 395 g/mol. The number of carbonyl (C=O) groups excluding carboxylic acids is 2. The van der Waals surface area contributed by atoms with E-state index in [1.165, 1.54) is 0 Å². The number of nitrogens with one attached hydrogen (secondary N) is 2. The highest BCUT2D eigenvalue weighted by Gasteiger charge is 2.22. The van der Waals surface area contributed by atoms with Gasteiger partial charge in [0.15, 0.2) is 0 Å². The van der Waals surface area contributed by atoms with Gasteiger partial charge in [-0.25, -0.2) is 4.79 Å². The van der Waals surface area contributed by atoms with Crippen LogP contribution in [0.2, 0.25) is 0 Å². The Balaban J connectivity index is 1.63. The van der Waals surface area contributed by atoms with Crippen molar-refractivity contribution in [2.24, 2.45) is 0 Å². The molecule has 1 unspecified atom stereocenters. The van der Waals surface area contributed by atoms with Gasteiger partial charge >= 0.3 is 12.0 Å². The van der Waals surface area contributed by atoms with Gasteiger partial charge in [-0.1, -0.05) is 36.4 Å². The minimum absolute atomic E-state index is 0.0235. The highest BCUT2D eigenvalue weighted by Crippen LogP contribution is 2.24. The van der Waals surface area contributed by atoms with Gasteiger partial charge in [-0.3, -0.25) is 9.59 Å². The number of aliphatic carboxylic acids is 1. The Morgan fingerprint density at radius 3 is 2.59 bits per heavy atom. The largest absolute Gasteiger partial charge is 0.481 e. The first kappa shape index (κ1) is 20.4. The summed E-state index contributed by atoms with van der Waals surface area (Å²) in [5.74, 6) is -0.809. The number of rotatable bonds is 8. The monoisotopic (exact) mass is 395 g/mol. The maximum atomic E-state index is 12.5. The number of anilines is 2. The molecule has 1 aliphatic rings. The molecule has 0 spiro atoms. The lowest BCUT2D eigenvalue weighted by Crippen LogP contribution is -2.39. The fourth-order valence-electron chi connectivity index (χ4n) is 3.45. The molecule has 3 amide bonds. The molecule has 152 valence electrons. The van der Waals surface area contributed by atoms with Crippen molar-refractivity contribution < 1.29 is 19.5 Å². The first-order valence-corrected chi connectivity index (χ1v) is 9.75. The molecule has 7 heteroatoms. The van der Waals surface area contributed by atoms with Gasteiger partial charge in [0, 0.05) is 36.8 Å². The van der Waals surface area contributed by atoms with E-state index in [0.717, 1.165) is 17.7 Å². The lowest BCUT2D eigenvalue weighted by atomic mass is 10.0. The van der Waals surface area contributed by atoms with Crippen LogP contribution in [0.3, 0.4) is 0 Å². The molecule has 7 nitrogen and oxygen atoms in total. The number of hydrogen-bond acceptors (Lipinski definition) is 3. The molecule has 0 bridgehead atoms. The second-order valence-electron chi connectivity index (χ2n) is 7.12. The Labute approximate surface area is 169 Å². The SMILES string of the molecule is O=C(O)CCC(Cc1ccccc1)NC(=O)Nc1cccc(N2CCCC2=O)c1. The van der Waals surface area contributed by atoms with E-state index in [0.29, 0.717) is 31.5 Å². The van der Waals surface area contributed by atoms with Gasteiger partial charge in [0.25, 0.3) is 0 Å². The third-order valence-electron chi connectivity index (χ3n) is 4.86. The van der Waals surface area contributed by atoms with Crippen molar-refractivity contribution in [2.45, 2.75) is 38.1 Å². The van der Waals surface area contributed by atoms with Crippen molar-refractivity contribution in [1.82, 2.24) is 5.32 Å². The molecule has 3 N–H and O–H groups in total. The van der Waals surface area contributed by atoms with Crippen molar-refractivity contribution in [2.75, 3.05) is 16.8 Å². The summed E-state index contributed by atoms with van der Waals surface area (Å²) in [6, 6.07) is 16.1. The van der Waals surface area contributed by atoms with Crippen LogP contribution in [0.5, 0.6) is 0 Å². The van der Waals surface area contributed by atoms with Gasteiger partial charge in [-0.2, -0.15) is 0 Å². The smallest absolute Gasteiger partial charge is 0.319 e. The zero-order valence-corrected chi connectivity index (χ0v) is 16.1. The van der Waals surface area contributed by atoms with Crippen LogP contribution < -0.4 is 15.5 Å². The number of carboxylic acids is 1. The fourth-order valence-corrected chi connectivity index (χ4v) is 3.45. The van der Waals surface area contributed by atoms with E-state index in [9.17, 15) is 14.4 Å². The number of benzene rings is 2. The van der Waals surface area contributed by atoms with Crippen LogP contribution >= 0.6 is 0 Å². The number of urea groups is 1. The van der Waals surface area contributed by atoms with E-state index < -0.39 is 12.0 Å². The summed E-state index contributed by atoms with van der Waals surface area (Å²) in [6.07, 6.45) is 2.23. The third-order valence-corrected chi connectivity index (χ3v) is 4.86. The van der Waals surface area contributed by atoms with Crippen LogP contribution in [-0.4, -0.2) is 35.6 Å². The molecule has 0 aliphatic carbocycles. The van der Waals surface area contributed by atoms with Crippen molar-refractivity contribution in [1.29, 1.82) is 0 Å². The Kier molecular flexibility index (Phi) is 6.84. The minimum Gasteiger partial charge on any atom is -0.481 e. The highest BCUT2D eigenvalue weighted by molar-refractivity contribution is 5.96. The van der Waals surface area contributed by atoms with E-state index >= 15 is 0 Å². The normalized spacial score (nSPS) is 14.5. The summed E-state index contributed by atoms with van der Waals surface area (Å²) in [5, 5.41) is 14.7. The van der Waals surface area contributed by atoms with Crippen molar-refractivity contribution in [3.63, 3.8) is 0 Å².